The molecule has 4 nitrogen and oxygen atoms in total. The van der Waals surface area contributed by atoms with Gasteiger partial charge in [-0.05, 0) is 29.7 Å². The molecule has 2 N–H and O–H groups in total. The predicted octanol–water partition coefficient (Wildman–Crippen LogP) is 2.26. The van der Waals surface area contributed by atoms with Crippen molar-refractivity contribution in [2.24, 2.45) is 0 Å². The summed E-state index contributed by atoms with van der Waals surface area (Å²) in [5.74, 6) is -0.217. The van der Waals surface area contributed by atoms with Crippen molar-refractivity contribution in [2.75, 3.05) is 5.73 Å². The molecule has 2 aromatic heterocycles. The van der Waals surface area contributed by atoms with Crippen LogP contribution < -0.4 is 5.73 Å². The zero-order valence-electron chi connectivity index (χ0n) is 9.75. The summed E-state index contributed by atoms with van der Waals surface area (Å²) in [5, 5.41) is 5.16. The molecule has 18 heavy (non-hydrogen) atoms. The fraction of sp³-hybridized carbons (Fsp3) is 0.154. The van der Waals surface area contributed by atoms with Gasteiger partial charge in [0.25, 0.3) is 0 Å². The van der Waals surface area contributed by atoms with E-state index in [1.807, 2.05) is 16.8 Å². The number of aromatic nitrogens is 3. The zero-order chi connectivity index (χ0) is 12.5. The highest BCUT2D eigenvalue weighted by molar-refractivity contribution is 5.80. The number of nitrogens with two attached hydrogens (primary N) is 1. The first-order valence-corrected chi connectivity index (χ1v) is 5.75. The molecule has 0 aliphatic heterocycles. The van der Waals surface area contributed by atoms with Crippen LogP contribution in [0.25, 0.3) is 10.9 Å². The van der Waals surface area contributed by atoms with Crippen molar-refractivity contribution in [3.63, 3.8) is 0 Å². The summed E-state index contributed by atoms with van der Waals surface area (Å²) in [7, 11) is 0. The smallest absolute Gasteiger partial charge is 0.125 e. The molecular weight excluding hydrogens is 231 g/mol. The molecule has 0 fully saturated rings. The van der Waals surface area contributed by atoms with E-state index in [9.17, 15) is 4.39 Å². The van der Waals surface area contributed by atoms with Gasteiger partial charge in [0.1, 0.15) is 5.82 Å². The lowest BCUT2D eigenvalue weighted by molar-refractivity contribution is 0.542. The second kappa shape index (κ2) is 4.18. The topological polar surface area (TPSA) is 48.8 Å². The molecule has 0 amide bonds. The van der Waals surface area contributed by atoms with Crippen molar-refractivity contribution in [2.45, 2.75) is 13.1 Å². The maximum absolute atomic E-state index is 13.2. The number of nitrogens with zero attached hydrogens (tertiary/aromatic N) is 3. The molecule has 0 saturated carbocycles. The van der Waals surface area contributed by atoms with Crippen molar-refractivity contribution < 1.29 is 4.39 Å². The van der Waals surface area contributed by atoms with E-state index in [0.29, 0.717) is 12.2 Å². The Morgan fingerprint density at radius 3 is 2.89 bits per heavy atom. The van der Waals surface area contributed by atoms with Crippen LogP contribution >= 0.6 is 0 Å². The van der Waals surface area contributed by atoms with E-state index >= 15 is 0 Å². The van der Waals surface area contributed by atoms with Gasteiger partial charge in [-0.2, -0.15) is 5.10 Å². The Labute approximate surface area is 103 Å². The van der Waals surface area contributed by atoms with Crippen LogP contribution in [-0.2, 0) is 13.1 Å². The van der Waals surface area contributed by atoms with E-state index in [-0.39, 0.29) is 5.82 Å². The summed E-state index contributed by atoms with van der Waals surface area (Å²) in [5.41, 5.74) is 7.15. The molecule has 0 aliphatic carbocycles. The van der Waals surface area contributed by atoms with Gasteiger partial charge in [-0.25, -0.2) is 4.39 Å². The minimum atomic E-state index is -0.217. The van der Waals surface area contributed by atoms with Crippen LogP contribution in [0.1, 0.15) is 0 Å². The first kappa shape index (κ1) is 10.8. The number of fused-ring (bicyclic) bond motifs is 1. The average Bonchev–Trinajstić information content (AvgIpc) is 2.93. The molecule has 0 aliphatic rings. The normalized spacial score (nSPS) is 11.2. The molecular formula is C13H13FN4. The average molecular weight is 244 g/mol. The Kier molecular flexibility index (Phi) is 2.51. The highest BCUT2D eigenvalue weighted by Crippen LogP contribution is 2.17. The molecule has 1 aromatic carbocycles. The van der Waals surface area contributed by atoms with Crippen LogP contribution in [0.2, 0.25) is 0 Å². The maximum atomic E-state index is 13.2. The molecule has 92 valence electrons. The number of nitrogen functional groups attached to an aromatic ring is 1. The summed E-state index contributed by atoms with van der Waals surface area (Å²) in [6, 6.07) is 6.78. The lowest BCUT2D eigenvalue weighted by Gasteiger charge is -2.05. The number of aryl methyl sites for hydroxylation is 2. The molecule has 0 radical (unpaired) electrons. The molecule has 3 rings (SSSR count). The van der Waals surface area contributed by atoms with E-state index in [1.54, 1.807) is 29.2 Å². The molecule has 2 heterocycles. The van der Waals surface area contributed by atoms with Gasteiger partial charge in [0.05, 0.1) is 23.9 Å². The summed E-state index contributed by atoms with van der Waals surface area (Å²) >= 11 is 0. The van der Waals surface area contributed by atoms with Crippen LogP contribution in [-0.4, -0.2) is 14.3 Å². The monoisotopic (exact) mass is 244 g/mol. The highest BCUT2D eigenvalue weighted by Gasteiger charge is 2.03. The van der Waals surface area contributed by atoms with Gasteiger partial charge in [0.2, 0.25) is 0 Å². The van der Waals surface area contributed by atoms with Crippen LogP contribution in [0.4, 0.5) is 10.1 Å². The third kappa shape index (κ3) is 1.95. The third-order valence-corrected chi connectivity index (χ3v) is 2.96. The number of benzene rings is 1. The first-order chi connectivity index (χ1) is 8.72. The summed E-state index contributed by atoms with van der Waals surface area (Å²) in [6.07, 6.45) is 5.36. The van der Waals surface area contributed by atoms with Crippen molar-refractivity contribution in [3.05, 3.63) is 48.7 Å². The molecule has 3 aromatic rings. The van der Waals surface area contributed by atoms with E-state index in [1.165, 1.54) is 6.07 Å². The second-order valence-electron chi connectivity index (χ2n) is 4.25. The van der Waals surface area contributed by atoms with Gasteiger partial charge in [0.15, 0.2) is 0 Å². The molecule has 0 saturated heterocycles. The molecule has 0 spiro atoms. The Morgan fingerprint density at radius 1 is 1.22 bits per heavy atom. The Bertz CT molecular complexity index is 683. The maximum Gasteiger partial charge on any atom is 0.125 e. The number of hydrogen-bond donors (Lipinski definition) is 1. The van der Waals surface area contributed by atoms with Crippen molar-refractivity contribution in [1.82, 2.24) is 14.3 Å². The predicted molar refractivity (Wildman–Crippen MR) is 68.5 cm³/mol. The fourth-order valence-corrected chi connectivity index (χ4v) is 2.06. The largest absolute Gasteiger partial charge is 0.396 e. The summed E-state index contributed by atoms with van der Waals surface area (Å²) < 4.78 is 17.0. The molecule has 0 unspecified atom stereocenters. The lowest BCUT2D eigenvalue weighted by atomic mass is 10.2. The van der Waals surface area contributed by atoms with Gasteiger partial charge in [-0.1, -0.05) is 0 Å². The van der Waals surface area contributed by atoms with E-state index in [2.05, 4.69) is 5.10 Å². The van der Waals surface area contributed by atoms with Crippen molar-refractivity contribution in [3.8, 4) is 0 Å². The minimum Gasteiger partial charge on any atom is -0.396 e. The quantitative estimate of drug-likeness (QED) is 0.768. The van der Waals surface area contributed by atoms with Crippen molar-refractivity contribution in [1.29, 1.82) is 0 Å². The van der Waals surface area contributed by atoms with Crippen molar-refractivity contribution >= 4 is 16.6 Å². The standard InChI is InChI=1S/C13H13FN4/c14-11-2-1-10-3-4-17(13(10)7-11)5-6-18-9-12(15)8-16-18/h1-4,7-9H,5-6,15H2. The highest BCUT2D eigenvalue weighted by atomic mass is 19.1. The number of rotatable bonds is 3. The van der Waals surface area contributed by atoms with Crippen LogP contribution in [0, 0.1) is 5.82 Å². The summed E-state index contributed by atoms with van der Waals surface area (Å²) in [6.45, 7) is 1.44. The first-order valence-electron chi connectivity index (χ1n) is 5.75. The van der Waals surface area contributed by atoms with Gasteiger partial charge in [-0.15, -0.1) is 0 Å². The lowest BCUT2D eigenvalue weighted by Crippen LogP contribution is -2.06. The number of anilines is 1. The van der Waals surface area contributed by atoms with E-state index < -0.39 is 0 Å². The van der Waals surface area contributed by atoms with Gasteiger partial charge < -0.3 is 10.3 Å². The summed E-state index contributed by atoms with van der Waals surface area (Å²) in [4.78, 5) is 0. The third-order valence-electron chi connectivity index (χ3n) is 2.96. The number of halogens is 1. The number of hydrogen-bond acceptors (Lipinski definition) is 2. The van der Waals surface area contributed by atoms with Gasteiger partial charge >= 0.3 is 0 Å². The molecule has 0 bridgehead atoms. The van der Waals surface area contributed by atoms with Gasteiger partial charge in [0, 0.05) is 18.9 Å². The Balaban J connectivity index is 1.84. The van der Waals surface area contributed by atoms with Crippen LogP contribution in [0.5, 0.6) is 0 Å². The van der Waals surface area contributed by atoms with E-state index in [0.717, 1.165) is 17.4 Å². The SMILES string of the molecule is Nc1cnn(CCn2ccc3ccc(F)cc32)c1. The Morgan fingerprint density at radius 2 is 2.11 bits per heavy atom. The fourth-order valence-electron chi connectivity index (χ4n) is 2.06. The molecule has 5 heteroatoms. The second-order valence-corrected chi connectivity index (χ2v) is 4.25. The zero-order valence-corrected chi connectivity index (χ0v) is 9.75. The van der Waals surface area contributed by atoms with Crippen LogP contribution in [0.15, 0.2) is 42.9 Å². The van der Waals surface area contributed by atoms with Crippen LogP contribution in [0.3, 0.4) is 0 Å². The van der Waals surface area contributed by atoms with E-state index in [4.69, 9.17) is 5.73 Å². The molecule has 0 atom stereocenters. The van der Waals surface area contributed by atoms with Gasteiger partial charge in [-0.3, -0.25) is 4.68 Å². The minimum absolute atomic E-state index is 0.217. The Hall–Kier alpha value is -2.30.